The number of aryl methyl sites for hydroxylation is 1. The van der Waals surface area contributed by atoms with E-state index in [-0.39, 0.29) is 25.7 Å². The Balaban J connectivity index is 1.53. The summed E-state index contributed by atoms with van der Waals surface area (Å²) < 4.78 is 16.6. The van der Waals surface area contributed by atoms with Crippen molar-refractivity contribution >= 4 is 17.0 Å². The van der Waals surface area contributed by atoms with Crippen molar-refractivity contribution in [2.75, 3.05) is 6.79 Å². The Labute approximate surface area is 159 Å². The second-order valence-electron chi connectivity index (χ2n) is 6.07. The van der Waals surface area contributed by atoms with Gasteiger partial charge in [-0.3, -0.25) is 10.1 Å². The van der Waals surface area contributed by atoms with E-state index in [4.69, 9.17) is 14.2 Å². The number of non-ortho nitro benzene ring substituents is 1. The molecular formula is C19H16N2O5S. The smallest absolute Gasteiger partial charge is 0.270 e. The van der Waals surface area contributed by atoms with E-state index < -0.39 is 4.92 Å². The van der Waals surface area contributed by atoms with E-state index >= 15 is 0 Å². The van der Waals surface area contributed by atoms with Crippen molar-refractivity contribution in [1.82, 2.24) is 4.98 Å². The third-order valence-corrected chi connectivity index (χ3v) is 5.11. The van der Waals surface area contributed by atoms with Crippen LogP contribution in [0.3, 0.4) is 0 Å². The van der Waals surface area contributed by atoms with Gasteiger partial charge in [0.15, 0.2) is 6.79 Å². The third kappa shape index (κ3) is 3.76. The van der Waals surface area contributed by atoms with Crippen molar-refractivity contribution in [2.45, 2.75) is 20.1 Å². The summed E-state index contributed by atoms with van der Waals surface area (Å²) in [6.07, 6.45) is 0. The van der Waals surface area contributed by atoms with Gasteiger partial charge in [0, 0.05) is 39.9 Å². The van der Waals surface area contributed by atoms with Crippen molar-refractivity contribution in [3.63, 3.8) is 0 Å². The van der Waals surface area contributed by atoms with Crippen molar-refractivity contribution < 1.29 is 19.1 Å². The lowest BCUT2D eigenvalue weighted by Crippen LogP contribution is -2.14. The summed E-state index contributed by atoms with van der Waals surface area (Å²) in [5.74, 6) is 1.26. The molecule has 3 aromatic rings. The molecule has 0 atom stereocenters. The zero-order valence-electron chi connectivity index (χ0n) is 14.5. The molecule has 1 aliphatic heterocycles. The fourth-order valence-corrected chi connectivity index (χ4v) is 3.64. The van der Waals surface area contributed by atoms with E-state index in [0.717, 1.165) is 16.3 Å². The average molecular weight is 384 g/mol. The van der Waals surface area contributed by atoms with Crippen LogP contribution in [0, 0.1) is 17.0 Å². The van der Waals surface area contributed by atoms with Gasteiger partial charge in [0.2, 0.25) is 0 Å². The van der Waals surface area contributed by atoms with E-state index in [1.165, 1.54) is 12.1 Å². The second kappa shape index (κ2) is 7.34. The first-order valence-electron chi connectivity index (χ1n) is 8.26. The molecule has 4 rings (SSSR count). The Morgan fingerprint density at radius 2 is 2.11 bits per heavy atom. The van der Waals surface area contributed by atoms with Gasteiger partial charge in [0.1, 0.15) is 23.1 Å². The summed E-state index contributed by atoms with van der Waals surface area (Å²) >= 11 is 1.59. The van der Waals surface area contributed by atoms with Crippen LogP contribution in [0.1, 0.15) is 16.8 Å². The molecule has 0 saturated heterocycles. The number of nitro groups is 1. The van der Waals surface area contributed by atoms with Crippen LogP contribution in [0.25, 0.3) is 10.6 Å². The molecule has 0 unspecified atom stereocenters. The molecule has 0 fully saturated rings. The molecule has 2 aromatic carbocycles. The minimum absolute atomic E-state index is 0.00376. The number of nitrogens with zero attached hydrogens (tertiary/aromatic N) is 2. The number of rotatable bonds is 5. The van der Waals surface area contributed by atoms with Crippen molar-refractivity contribution in [3.05, 3.63) is 68.7 Å². The molecule has 0 N–H and O–H groups in total. The molecule has 138 valence electrons. The number of hydrogen-bond donors (Lipinski definition) is 0. The highest BCUT2D eigenvalue weighted by Gasteiger charge is 2.21. The quantitative estimate of drug-likeness (QED) is 0.477. The van der Waals surface area contributed by atoms with Gasteiger partial charge in [-0.15, -0.1) is 11.3 Å². The van der Waals surface area contributed by atoms with E-state index in [2.05, 4.69) is 4.98 Å². The lowest BCUT2D eigenvalue weighted by atomic mass is 10.1. The van der Waals surface area contributed by atoms with Gasteiger partial charge in [-0.1, -0.05) is 0 Å². The highest BCUT2D eigenvalue weighted by molar-refractivity contribution is 7.13. The fraction of sp³-hybridized carbons (Fsp3) is 0.211. The Kier molecular flexibility index (Phi) is 4.74. The van der Waals surface area contributed by atoms with Gasteiger partial charge in [-0.05, 0) is 31.2 Å². The Morgan fingerprint density at radius 1 is 1.30 bits per heavy atom. The average Bonchev–Trinajstić information content (AvgIpc) is 3.12. The first-order chi connectivity index (χ1) is 13.1. The van der Waals surface area contributed by atoms with Crippen molar-refractivity contribution in [2.24, 2.45) is 0 Å². The number of hydrogen-bond acceptors (Lipinski definition) is 7. The summed E-state index contributed by atoms with van der Waals surface area (Å²) in [6.45, 7) is 2.54. The number of thiazole rings is 1. The molecule has 0 aliphatic carbocycles. The molecule has 1 aliphatic rings. The molecule has 0 spiro atoms. The topological polar surface area (TPSA) is 83.7 Å². The van der Waals surface area contributed by atoms with E-state index in [1.54, 1.807) is 11.3 Å². The highest BCUT2D eigenvalue weighted by atomic mass is 32.1. The van der Waals surface area contributed by atoms with Gasteiger partial charge in [0.05, 0.1) is 11.5 Å². The summed E-state index contributed by atoms with van der Waals surface area (Å²) in [5.41, 5.74) is 3.30. The van der Waals surface area contributed by atoms with Gasteiger partial charge < -0.3 is 14.2 Å². The molecule has 2 heterocycles. The molecule has 0 radical (unpaired) electrons. The zero-order valence-corrected chi connectivity index (χ0v) is 15.3. The first kappa shape index (κ1) is 17.4. The van der Waals surface area contributed by atoms with E-state index in [1.807, 2.05) is 36.6 Å². The summed E-state index contributed by atoms with van der Waals surface area (Å²) in [5, 5.41) is 14.1. The molecule has 7 nitrogen and oxygen atoms in total. The molecule has 0 bridgehead atoms. The predicted molar refractivity (Wildman–Crippen MR) is 100.0 cm³/mol. The Hall–Kier alpha value is -2.97. The van der Waals surface area contributed by atoms with Crippen molar-refractivity contribution in [1.29, 1.82) is 0 Å². The van der Waals surface area contributed by atoms with Crippen LogP contribution in [-0.2, 0) is 18.0 Å². The van der Waals surface area contributed by atoms with E-state index in [9.17, 15) is 10.1 Å². The molecular weight excluding hydrogens is 368 g/mol. The van der Waals surface area contributed by atoms with Crippen LogP contribution in [0.15, 0.2) is 41.8 Å². The third-order valence-electron chi connectivity index (χ3n) is 4.10. The number of fused-ring (bicyclic) bond motifs is 1. The maximum atomic E-state index is 11.2. The first-order valence-corrected chi connectivity index (χ1v) is 9.14. The highest BCUT2D eigenvalue weighted by Crippen LogP contribution is 2.33. The van der Waals surface area contributed by atoms with Crippen LogP contribution in [-0.4, -0.2) is 16.7 Å². The molecule has 1 aromatic heterocycles. The van der Waals surface area contributed by atoms with E-state index in [0.29, 0.717) is 22.6 Å². The van der Waals surface area contributed by atoms with Gasteiger partial charge in [0.25, 0.3) is 5.69 Å². The fourth-order valence-electron chi connectivity index (χ4n) is 2.83. The largest absolute Gasteiger partial charge is 0.489 e. The lowest BCUT2D eigenvalue weighted by molar-refractivity contribution is -0.385. The van der Waals surface area contributed by atoms with Crippen LogP contribution in [0.5, 0.6) is 11.5 Å². The number of benzene rings is 2. The summed E-state index contributed by atoms with van der Waals surface area (Å²) in [6, 6.07) is 10.6. The van der Waals surface area contributed by atoms with Crippen LogP contribution < -0.4 is 9.47 Å². The Morgan fingerprint density at radius 3 is 2.81 bits per heavy atom. The maximum Gasteiger partial charge on any atom is 0.270 e. The SMILES string of the molecule is Cc1csc(-c2ccc(OCc3cc([N+](=O)[O-])cc4c3OCOC4)cc2)n1. The standard InChI is InChI=1S/C19H16N2O5S/c1-12-10-27-19(20-12)13-2-4-17(5-3-13)25-9-15-7-16(21(22)23)6-14-8-24-11-26-18(14)15/h2-7,10H,8-9,11H2,1H3. The number of aromatic nitrogens is 1. The normalized spacial score (nSPS) is 12.9. The monoisotopic (exact) mass is 384 g/mol. The molecule has 27 heavy (non-hydrogen) atoms. The molecule has 8 heteroatoms. The predicted octanol–water partition coefficient (Wildman–Crippen LogP) is 4.47. The van der Waals surface area contributed by atoms with Gasteiger partial charge in [-0.2, -0.15) is 0 Å². The van der Waals surface area contributed by atoms with Crippen LogP contribution >= 0.6 is 11.3 Å². The Bertz CT molecular complexity index is 984. The summed E-state index contributed by atoms with van der Waals surface area (Å²) in [4.78, 5) is 15.2. The minimum atomic E-state index is -0.427. The summed E-state index contributed by atoms with van der Waals surface area (Å²) in [7, 11) is 0. The van der Waals surface area contributed by atoms with Gasteiger partial charge in [-0.25, -0.2) is 4.98 Å². The molecule has 0 amide bonds. The minimum Gasteiger partial charge on any atom is -0.489 e. The van der Waals surface area contributed by atoms with Gasteiger partial charge >= 0.3 is 0 Å². The second-order valence-corrected chi connectivity index (χ2v) is 6.93. The lowest BCUT2D eigenvalue weighted by Gasteiger charge is -2.20. The van der Waals surface area contributed by atoms with Crippen LogP contribution in [0.4, 0.5) is 5.69 Å². The zero-order chi connectivity index (χ0) is 18.8. The molecule has 0 saturated carbocycles. The van der Waals surface area contributed by atoms with Crippen molar-refractivity contribution in [3.8, 4) is 22.1 Å². The number of ether oxygens (including phenoxy) is 3. The number of nitro benzene ring substituents is 1. The maximum absolute atomic E-state index is 11.2. The van der Waals surface area contributed by atoms with Crippen LogP contribution in [0.2, 0.25) is 0 Å².